The van der Waals surface area contributed by atoms with Gasteiger partial charge in [0.1, 0.15) is 23.0 Å². The van der Waals surface area contributed by atoms with Crippen LogP contribution in [0.1, 0.15) is 55.6 Å². The largest absolute Gasteiger partial charge is 0.456 e. The van der Waals surface area contributed by atoms with Gasteiger partial charge in [0.15, 0.2) is 0 Å². The molecule has 2 aliphatic heterocycles. The number of hydrogen-bond acceptors (Lipinski definition) is 2. The molecule has 0 bridgehead atoms. The lowest BCUT2D eigenvalue weighted by Crippen LogP contribution is -2.34. The summed E-state index contributed by atoms with van der Waals surface area (Å²) in [6, 6.07) is 87.7. The minimum Gasteiger partial charge on any atom is -0.456 e. The highest BCUT2D eigenvalue weighted by atomic mass is 16.5. The van der Waals surface area contributed by atoms with E-state index < -0.39 is 10.8 Å². The molecular weight excluding hydrogens is 801 g/mol. The number of hydrogen-bond donors (Lipinski definition) is 0. The maximum Gasteiger partial charge on any atom is 0.140 e. The standard InChI is InChI=1S/C64H46O2/c1-43-22-19-23-44(2)60(43)47-41-45(52-32-20-36-56-61(52)65-58-38-17-15-34-54(58)63(56,48-24-7-3-8-25-48)49-26-9-4-10-27-49)40-46(42-47)53-33-21-37-57-62(53)66-59-39-18-16-35-55(59)64(57,50-28-11-5-12-29-50)51-30-13-6-14-31-51/h3-42H,1-2H3. The summed E-state index contributed by atoms with van der Waals surface area (Å²) in [7, 11) is 0. The summed E-state index contributed by atoms with van der Waals surface area (Å²) < 4.78 is 14.5. The summed E-state index contributed by atoms with van der Waals surface area (Å²) >= 11 is 0. The molecule has 0 unspecified atom stereocenters. The first-order valence-electron chi connectivity index (χ1n) is 22.8. The lowest BCUT2D eigenvalue weighted by Gasteiger charge is -2.42. The van der Waals surface area contributed by atoms with Crippen LogP contribution >= 0.6 is 0 Å². The maximum atomic E-state index is 7.23. The molecule has 2 heteroatoms. The van der Waals surface area contributed by atoms with Gasteiger partial charge >= 0.3 is 0 Å². The molecule has 0 amide bonds. The van der Waals surface area contributed by atoms with E-state index in [1.165, 1.54) is 38.9 Å². The molecule has 12 rings (SSSR count). The first kappa shape index (κ1) is 39.4. The summed E-state index contributed by atoms with van der Waals surface area (Å²) in [5.41, 5.74) is 16.8. The summed E-state index contributed by atoms with van der Waals surface area (Å²) in [5, 5.41) is 0. The molecule has 0 radical (unpaired) electrons. The van der Waals surface area contributed by atoms with Crippen molar-refractivity contribution in [3.8, 4) is 56.4 Å². The third kappa shape index (κ3) is 5.95. The molecule has 66 heavy (non-hydrogen) atoms. The number of aryl methyl sites for hydroxylation is 2. The van der Waals surface area contributed by atoms with E-state index in [9.17, 15) is 0 Å². The molecule has 10 aromatic rings. The molecule has 0 aliphatic carbocycles. The summed E-state index contributed by atoms with van der Waals surface area (Å²) in [6.07, 6.45) is 0. The molecule has 2 heterocycles. The van der Waals surface area contributed by atoms with Crippen molar-refractivity contribution in [2.45, 2.75) is 24.7 Å². The number of rotatable bonds is 7. The van der Waals surface area contributed by atoms with E-state index in [1.807, 2.05) is 0 Å². The van der Waals surface area contributed by atoms with E-state index in [2.05, 4.69) is 257 Å². The minimum absolute atomic E-state index is 0.645. The molecule has 0 N–H and O–H groups in total. The zero-order valence-electron chi connectivity index (χ0n) is 36.9. The maximum absolute atomic E-state index is 7.23. The third-order valence-electron chi connectivity index (χ3n) is 14.0. The van der Waals surface area contributed by atoms with Gasteiger partial charge in [0, 0.05) is 33.4 Å². The molecule has 2 aliphatic rings. The molecule has 0 aromatic heterocycles. The van der Waals surface area contributed by atoms with E-state index >= 15 is 0 Å². The molecule has 10 aromatic carbocycles. The Morgan fingerprint density at radius 3 is 1.00 bits per heavy atom. The fourth-order valence-electron chi connectivity index (χ4n) is 11.3. The van der Waals surface area contributed by atoms with E-state index in [4.69, 9.17) is 9.47 Å². The van der Waals surface area contributed by atoms with E-state index in [-0.39, 0.29) is 0 Å². The van der Waals surface area contributed by atoms with E-state index in [0.29, 0.717) is 0 Å². The molecule has 0 saturated carbocycles. The Kier molecular flexibility index (Phi) is 9.43. The Hall–Kier alpha value is -8.20. The van der Waals surface area contributed by atoms with Gasteiger partial charge in [0.25, 0.3) is 0 Å². The van der Waals surface area contributed by atoms with Crippen LogP contribution in [0.4, 0.5) is 0 Å². The summed E-state index contributed by atoms with van der Waals surface area (Å²) in [6.45, 7) is 4.43. The van der Waals surface area contributed by atoms with E-state index in [1.54, 1.807) is 0 Å². The molecule has 314 valence electrons. The molecule has 2 nitrogen and oxygen atoms in total. The quantitative estimate of drug-likeness (QED) is 0.159. The van der Waals surface area contributed by atoms with Gasteiger partial charge < -0.3 is 9.47 Å². The van der Waals surface area contributed by atoms with Gasteiger partial charge in [-0.2, -0.15) is 0 Å². The van der Waals surface area contributed by atoms with Crippen LogP contribution in [0.25, 0.3) is 33.4 Å². The van der Waals surface area contributed by atoms with Crippen LogP contribution in [0.2, 0.25) is 0 Å². The number of ether oxygens (including phenoxy) is 2. The van der Waals surface area contributed by atoms with Crippen LogP contribution in [0.5, 0.6) is 23.0 Å². The Morgan fingerprint density at radius 1 is 0.288 bits per heavy atom. The second kappa shape index (κ2) is 15.8. The van der Waals surface area contributed by atoms with Crippen molar-refractivity contribution in [2.24, 2.45) is 0 Å². The molecule has 0 spiro atoms. The molecule has 0 fully saturated rings. The van der Waals surface area contributed by atoms with Gasteiger partial charge in [-0.25, -0.2) is 0 Å². The Bertz CT molecular complexity index is 3130. The lowest BCUT2D eigenvalue weighted by molar-refractivity contribution is 0.436. The fraction of sp³-hybridized carbons (Fsp3) is 0.0625. The fourth-order valence-corrected chi connectivity index (χ4v) is 11.3. The van der Waals surface area contributed by atoms with Crippen molar-refractivity contribution >= 4 is 0 Å². The highest BCUT2D eigenvalue weighted by molar-refractivity contribution is 5.89. The first-order chi connectivity index (χ1) is 32.6. The second-order valence-corrected chi connectivity index (χ2v) is 17.6. The van der Waals surface area contributed by atoms with Crippen LogP contribution in [-0.4, -0.2) is 0 Å². The van der Waals surface area contributed by atoms with Crippen molar-refractivity contribution in [1.82, 2.24) is 0 Å². The smallest absolute Gasteiger partial charge is 0.140 e. The highest BCUT2D eigenvalue weighted by Gasteiger charge is 2.47. The van der Waals surface area contributed by atoms with Crippen LogP contribution < -0.4 is 9.47 Å². The Balaban J connectivity index is 1.15. The predicted molar refractivity (Wildman–Crippen MR) is 269 cm³/mol. The van der Waals surface area contributed by atoms with Crippen LogP contribution in [0.15, 0.2) is 243 Å². The lowest BCUT2D eigenvalue weighted by atomic mass is 9.63. The average molecular weight is 847 g/mol. The first-order valence-corrected chi connectivity index (χ1v) is 22.8. The predicted octanol–water partition coefficient (Wildman–Crippen LogP) is 16.3. The van der Waals surface area contributed by atoms with Crippen LogP contribution in [-0.2, 0) is 10.8 Å². The van der Waals surface area contributed by atoms with Gasteiger partial charge in [-0.3, -0.25) is 0 Å². The summed E-state index contributed by atoms with van der Waals surface area (Å²) in [4.78, 5) is 0. The van der Waals surface area contributed by atoms with Crippen LogP contribution in [0.3, 0.4) is 0 Å². The third-order valence-corrected chi connectivity index (χ3v) is 14.0. The van der Waals surface area contributed by atoms with Gasteiger partial charge in [0.2, 0.25) is 0 Å². The SMILES string of the molecule is Cc1cccc(C)c1-c1cc(-c2cccc3c2Oc2ccccc2C3(c2ccccc2)c2ccccc2)cc(-c2cccc3c2Oc2ccccc2C3(c2ccccc2)c2ccccc2)c1. The van der Waals surface area contributed by atoms with Crippen molar-refractivity contribution in [3.63, 3.8) is 0 Å². The zero-order valence-corrected chi connectivity index (χ0v) is 36.9. The van der Waals surface area contributed by atoms with Crippen LogP contribution in [0, 0.1) is 13.8 Å². The Morgan fingerprint density at radius 2 is 0.606 bits per heavy atom. The topological polar surface area (TPSA) is 18.5 Å². The highest BCUT2D eigenvalue weighted by Crippen LogP contribution is 2.60. The van der Waals surface area contributed by atoms with Crippen molar-refractivity contribution in [1.29, 1.82) is 0 Å². The minimum atomic E-state index is -0.645. The number of benzene rings is 10. The molecule has 0 saturated heterocycles. The monoisotopic (exact) mass is 846 g/mol. The van der Waals surface area contributed by atoms with Gasteiger partial charge in [-0.15, -0.1) is 0 Å². The molecular formula is C64H46O2. The van der Waals surface area contributed by atoms with Crippen molar-refractivity contribution in [2.75, 3.05) is 0 Å². The van der Waals surface area contributed by atoms with Gasteiger partial charge in [-0.1, -0.05) is 212 Å². The number of para-hydroxylation sites is 4. The Labute approximate surface area is 387 Å². The van der Waals surface area contributed by atoms with Gasteiger partial charge in [-0.05, 0) is 99.8 Å². The van der Waals surface area contributed by atoms with Crippen molar-refractivity contribution < 1.29 is 9.47 Å². The van der Waals surface area contributed by atoms with E-state index in [0.717, 1.165) is 73.1 Å². The van der Waals surface area contributed by atoms with Gasteiger partial charge in [0.05, 0.1) is 10.8 Å². The molecule has 0 atom stereocenters. The summed E-state index contributed by atoms with van der Waals surface area (Å²) in [5.74, 6) is 3.39. The average Bonchev–Trinajstić information content (AvgIpc) is 3.38. The second-order valence-electron chi connectivity index (χ2n) is 17.6. The van der Waals surface area contributed by atoms with Crippen molar-refractivity contribution in [3.05, 3.63) is 298 Å². The zero-order chi connectivity index (χ0) is 44.2. The normalized spacial score (nSPS) is 13.8. The number of fused-ring (bicyclic) bond motifs is 4.